The lowest BCUT2D eigenvalue weighted by Crippen LogP contribution is -2.37. The van der Waals surface area contributed by atoms with Crippen molar-refractivity contribution in [3.05, 3.63) is 18.0 Å². The van der Waals surface area contributed by atoms with E-state index in [9.17, 15) is 4.79 Å². The average molecular weight is 237 g/mol. The number of nitrogens with zero attached hydrogens (tertiary/aromatic N) is 2. The SMILES string of the molecule is CCC(CC)(CN)C(=O)CCc1cnn(C)c1. The Balaban J connectivity index is 2.59. The van der Waals surface area contributed by atoms with Crippen LogP contribution < -0.4 is 5.73 Å². The lowest BCUT2D eigenvalue weighted by Gasteiger charge is -2.28. The molecule has 2 N–H and O–H groups in total. The fourth-order valence-electron chi connectivity index (χ4n) is 2.17. The minimum Gasteiger partial charge on any atom is -0.329 e. The molecular weight excluding hydrogens is 214 g/mol. The Morgan fingerprint density at radius 2 is 2.12 bits per heavy atom. The molecule has 1 heterocycles. The molecule has 0 saturated heterocycles. The third kappa shape index (κ3) is 3.16. The van der Waals surface area contributed by atoms with Gasteiger partial charge in [-0.2, -0.15) is 5.10 Å². The number of carbonyl (C=O) groups excluding carboxylic acids is 1. The fraction of sp³-hybridized carbons (Fsp3) is 0.692. The minimum absolute atomic E-state index is 0.286. The molecule has 0 aliphatic carbocycles. The van der Waals surface area contributed by atoms with Gasteiger partial charge in [0.25, 0.3) is 0 Å². The van der Waals surface area contributed by atoms with Crippen LogP contribution in [0.5, 0.6) is 0 Å². The van der Waals surface area contributed by atoms with Crippen LogP contribution in [0.15, 0.2) is 12.4 Å². The van der Waals surface area contributed by atoms with E-state index in [-0.39, 0.29) is 11.2 Å². The molecule has 0 unspecified atom stereocenters. The molecule has 1 aromatic rings. The van der Waals surface area contributed by atoms with E-state index in [1.165, 1.54) is 0 Å². The third-order valence-electron chi connectivity index (χ3n) is 3.73. The summed E-state index contributed by atoms with van der Waals surface area (Å²) < 4.78 is 1.76. The summed E-state index contributed by atoms with van der Waals surface area (Å²) in [7, 11) is 1.88. The van der Waals surface area contributed by atoms with E-state index in [1.54, 1.807) is 4.68 Å². The number of aryl methyl sites for hydroxylation is 2. The first kappa shape index (κ1) is 13.9. The predicted octanol–water partition coefficient (Wildman–Crippen LogP) is 1.69. The maximum Gasteiger partial charge on any atom is 0.140 e. The van der Waals surface area contributed by atoms with E-state index in [1.807, 2.05) is 33.3 Å². The Morgan fingerprint density at radius 3 is 2.53 bits per heavy atom. The number of carbonyl (C=O) groups is 1. The normalized spacial score (nSPS) is 11.8. The van der Waals surface area contributed by atoms with E-state index in [2.05, 4.69) is 5.10 Å². The van der Waals surface area contributed by atoms with Gasteiger partial charge in [-0.05, 0) is 24.8 Å². The van der Waals surface area contributed by atoms with Gasteiger partial charge in [0, 0.05) is 31.6 Å². The van der Waals surface area contributed by atoms with Crippen molar-refractivity contribution in [3.63, 3.8) is 0 Å². The van der Waals surface area contributed by atoms with Crippen molar-refractivity contribution in [1.29, 1.82) is 0 Å². The zero-order valence-electron chi connectivity index (χ0n) is 11.1. The molecule has 0 amide bonds. The van der Waals surface area contributed by atoms with Crippen molar-refractivity contribution < 1.29 is 4.79 Å². The highest BCUT2D eigenvalue weighted by atomic mass is 16.1. The second-order valence-corrected chi connectivity index (χ2v) is 4.64. The van der Waals surface area contributed by atoms with Crippen LogP contribution in [-0.4, -0.2) is 22.1 Å². The van der Waals surface area contributed by atoms with Crippen LogP contribution >= 0.6 is 0 Å². The summed E-state index contributed by atoms with van der Waals surface area (Å²) in [5, 5.41) is 4.10. The largest absolute Gasteiger partial charge is 0.329 e. The molecule has 96 valence electrons. The zero-order valence-corrected chi connectivity index (χ0v) is 11.1. The highest BCUT2D eigenvalue weighted by molar-refractivity contribution is 5.85. The average Bonchev–Trinajstić information content (AvgIpc) is 2.75. The van der Waals surface area contributed by atoms with E-state index in [0.717, 1.165) is 24.8 Å². The number of ketones is 1. The molecule has 0 aromatic carbocycles. The number of rotatable bonds is 7. The van der Waals surface area contributed by atoms with Gasteiger partial charge in [0.15, 0.2) is 0 Å². The van der Waals surface area contributed by atoms with Gasteiger partial charge < -0.3 is 5.73 Å². The molecule has 4 heteroatoms. The Labute approximate surface area is 103 Å². The molecule has 0 bridgehead atoms. The van der Waals surface area contributed by atoms with Gasteiger partial charge in [-0.25, -0.2) is 0 Å². The number of nitrogens with two attached hydrogens (primary N) is 1. The summed E-state index contributed by atoms with van der Waals surface area (Å²) >= 11 is 0. The van der Waals surface area contributed by atoms with Gasteiger partial charge >= 0.3 is 0 Å². The van der Waals surface area contributed by atoms with Gasteiger partial charge in [-0.15, -0.1) is 0 Å². The predicted molar refractivity (Wildman–Crippen MR) is 68.6 cm³/mol. The smallest absolute Gasteiger partial charge is 0.140 e. The zero-order chi connectivity index (χ0) is 12.9. The maximum atomic E-state index is 12.2. The molecule has 17 heavy (non-hydrogen) atoms. The van der Waals surface area contributed by atoms with Crippen LogP contribution in [0.25, 0.3) is 0 Å². The number of Topliss-reactive ketones (excluding diaryl/α,β-unsaturated/α-hetero) is 1. The molecule has 1 rings (SSSR count). The molecule has 0 saturated carbocycles. The summed E-state index contributed by atoms with van der Waals surface area (Å²) in [6.45, 7) is 4.53. The Morgan fingerprint density at radius 1 is 1.47 bits per heavy atom. The highest BCUT2D eigenvalue weighted by Crippen LogP contribution is 2.28. The Kier molecular flexibility index (Phi) is 4.87. The van der Waals surface area contributed by atoms with Gasteiger partial charge in [-0.1, -0.05) is 13.8 Å². The summed E-state index contributed by atoms with van der Waals surface area (Å²) in [6.07, 6.45) is 6.74. The molecule has 0 radical (unpaired) electrons. The van der Waals surface area contributed by atoms with Gasteiger partial charge in [0.1, 0.15) is 5.78 Å². The van der Waals surface area contributed by atoms with Crippen LogP contribution in [0.2, 0.25) is 0 Å². The first-order valence-electron chi connectivity index (χ1n) is 6.29. The summed E-state index contributed by atoms with van der Waals surface area (Å²) in [4.78, 5) is 12.2. The van der Waals surface area contributed by atoms with Crippen molar-refractivity contribution in [3.8, 4) is 0 Å². The fourth-order valence-corrected chi connectivity index (χ4v) is 2.17. The van der Waals surface area contributed by atoms with E-state index in [4.69, 9.17) is 5.73 Å². The lowest BCUT2D eigenvalue weighted by molar-refractivity contribution is -0.128. The lowest BCUT2D eigenvalue weighted by atomic mass is 9.76. The van der Waals surface area contributed by atoms with Crippen molar-refractivity contribution in [2.24, 2.45) is 18.2 Å². The minimum atomic E-state index is -0.317. The molecule has 0 atom stereocenters. The van der Waals surface area contributed by atoms with Crippen LogP contribution in [0, 0.1) is 5.41 Å². The van der Waals surface area contributed by atoms with Crippen LogP contribution in [0.1, 0.15) is 38.7 Å². The third-order valence-corrected chi connectivity index (χ3v) is 3.73. The molecular formula is C13H23N3O. The summed E-state index contributed by atoms with van der Waals surface area (Å²) in [5.41, 5.74) is 6.56. The first-order chi connectivity index (χ1) is 8.07. The van der Waals surface area contributed by atoms with E-state index >= 15 is 0 Å². The second-order valence-electron chi connectivity index (χ2n) is 4.64. The molecule has 0 fully saturated rings. The van der Waals surface area contributed by atoms with E-state index in [0.29, 0.717) is 13.0 Å². The van der Waals surface area contributed by atoms with Crippen LogP contribution in [0.3, 0.4) is 0 Å². The molecule has 4 nitrogen and oxygen atoms in total. The van der Waals surface area contributed by atoms with E-state index < -0.39 is 0 Å². The molecule has 1 aromatic heterocycles. The number of aromatic nitrogens is 2. The van der Waals surface area contributed by atoms with Gasteiger partial charge in [0.05, 0.1) is 6.20 Å². The maximum absolute atomic E-state index is 12.2. The molecule has 0 spiro atoms. The topological polar surface area (TPSA) is 60.9 Å². The van der Waals surface area contributed by atoms with Crippen LogP contribution in [-0.2, 0) is 18.3 Å². The first-order valence-corrected chi connectivity index (χ1v) is 6.29. The van der Waals surface area contributed by atoms with Crippen molar-refractivity contribution in [1.82, 2.24) is 9.78 Å². The van der Waals surface area contributed by atoms with Crippen molar-refractivity contribution in [2.45, 2.75) is 39.5 Å². The standard InChI is InChI=1S/C13H23N3O/c1-4-13(5-2,10-14)12(17)7-6-11-8-15-16(3)9-11/h8-9H,4-7,10,14H2,1-3H3. The summed E-state index contributed by atoms with van der Waals surface area (Å²) in [5.74, 6) is 0.286. The molecule has 0 aliphatic heterocycles. The van der Waals surface area contributed by atoms with Crippen LogP contribution in [0.4, 0.5) is 0 Å². The molecule has 0 aliphatic rings. The quantitative estimate of drug-likeness (QED) is 0.785. The monoisotopic (exact) mass is 237 g/mol. The summed E-state index contributed by atoms with van der Waals surface area (Å²) in [6, 6.07) is 0. The second kappa shape index (κ2) is 5.96. The highest BCUT2D eigenvalue weighted by Gasteiger charge is 2.32. The van der Waals surface area contributed by atoms with Crippen molar-refractivity contribution >= 4 is 5.78 Å². The van der Waals surface area contributed by atoms with Gasteiger partial charge in [-0.3, -0.25) is 9.48 Å². The number of hydrogen-bond acceptors (Lipinski definition) is 3. The van der Waals surface area contributed by atoms with Crippen molar-refractivity contribution in [2.75, 3.05) is 6.54 Å². The Bertz CT molecular complexity index is 358. The Hall–Kier alpha value is -1.16. The number of hydrogen-bond donors (Lipinski definition) is 1. The van der Waals surface area contributed by atoms with Gasteiger partial charge in [0.2, 0.25) is 0 Å².